The normalized spacial score (nSPS) is 28.1. The molecule has 8 nitrogen and oxygen atoms in total. The molecule has 0 radical (unpaired) electrons. The number of carbonyl (C=O) groups is 3. The van der Waals surface area contributed by atoms with Crippen molar-refractivity contribution < 1.29 is 19.1 Å². The zero-order chi connectivity index (χ0) is 20.9. The number of nitrogens with two attached hydrogens (primary N) is 1. The van der Waals surface area contributed by atoms with E-state index >= 15 is 0 Å². The summed E-state index contributed by atoms with van der Waals surface area (Å²) in [6.45, 7) is 5.04. The van der Waals surface area contributed by atoms with Crippen molar-refractivity contribution in [2.75, 3.05) is 44.3 Å². The third kappa shape index (κ3) is 2.85. The number of imide groups is 1. The first-order valence-electron chi connectivity index (χ1n) is 10.8. The van der Waals surface area contributed by atoms with Crippen molar-refractivity contribution in [1.29, 1.82) is 0 Å². The van der Waals surface area contributed by atoms with Gasteiger partial charge in [-0.25, -0.2) is 9.69 Å². The van der Waals surface area contributed by atoms with Gasteiger partial charge in [-0.05, 0) is 61.8 Å². The van der Waals surface area contributed by atoms with Crippen molar-refractivity contribution in [3.05, 3.63) is 29.8 Å². The van der Waals surface area contributed by atoms with Crippen LogP contribution in [0.4, 0.5) is 10.5 Å². The Bertz CT molecular complexity index is 876. The van der Waals surface area contributed by atoms with Crippen LogP contribution >= 0.6 is 0 Å². The molecule has 1 saturated carbocycles. The lowest BCUT2D eigenvalue weighted by atomic mass is 9.91. The average Bonchev–Trinajstić information content (AvgIpc) is 3.35. The van der Waals surface area contributed by atoms with Gasteiger partial charge >= 0.3 is 6.03 Å². The number of nitrogens with zero attached hydrogens (tertiary/aromatic N) is 3. The monoisotopic (exact) mass is 412 g/mol. The zero-order valence-corrected chi connectivity index (χ0v) is 17.1. The number of hydrogen-bond donors (Lipinski definition) is 1. The number of rotatable bonds is 6. The molecule has 1 aromatic rings. The van der Waals surface area contributed by atoms with Crippen LogP contribution in [0.15, 0.2) is 24.3 Å². The maximum absolute atomic E-state index is 13.1. The summed E-state index contributed by atoms with van der Waals surface area (Å²) in [5, 5.41) is 0. The van der Waals surface area contributed by atoms with Crippen LogP contribution < -0.4 is 10.6 Å². The Morgan fingerprint density at radius 1 is 1.03 bits per heavy atom. The fourth-order valence-corrected chi connectivity index (χ4v) is 5.28. The quantitative estimate of drug-likeness (QED) is 0.560. The molecular weight excluding hydrogens is 384 g/mol. The van der Waals surface area contributed by atoms with E-state index in [0.717, 1.165) is 57.0 Å². The summed E-state index contributed by atoms with van der Waals surface area (Å²) in [7, 11) is 0. The summed E-state index contributed by atoms with van der Waals surface area (Å²) in [6.07, 6.45) is 4.34. The summed E-state index contributed by atoms with van der Waals surface area (Å²) in [5.74, 6) is -1.25. The summed E-state index contributed by atoms with van der Waals surface area (Å²) >= 11 is 0. The fraction of sp³-hybridized carbons (Fsp3) is 0.591. The minimum absolute atomic E-state index is 0.199. The number of benzene rings is 1. The van der Waals surface area contributed by atoms with E-state index in [0.29, 0.717) is 25.1 Å². The van der Waals surface area contributed by atoms with Crippen LogP contribution in [0.25, 0.3) is 0 Å². The highest BCUT2D eigenvalue weighted by molar-refractivity contribution is 6.31. The molecule has 4 aliphatic rings. The standard InChI is InChI=1S/C22H28N4O4/c23-18(27)22-6-1-10-25(22)20(29)26(19(22)28)17-4-2-16(3-5-17)21(7-8-21)9-11-24-12-14-30-15-13-24/h2-5H,1,6-15H2,(H2,23,27)/t22-/m0/s1. The lowest BCUT2D eigenvalue weighted by Gasteiger charge is -2.28. The highest BCUT2D eigenvalue weighted by atomic mass is 16.5. The molecule has 8 heteroatoms. The number of hydrogen-bond acceptors (Lipinski definition) is 5. The minimum atomic E-state index is -1.51. The predicted octanol–water partition coefficient (Wildman–Crippen LogP) is 1.23. The van der Waals surface area contributed by atoms with Gasteiger partial charge in [-0.2, -0.15) is 0 Å². The molecule has 0 aromatic heterocycles. The number of amides is 4. The summed E-state index contributed by atoms with van der Waals surface area (Å²) in [5.41, 5.74) is 6.01. The van der Waals surface area contributed by atoms with E-state index in [4.69, 9.17) is 10.5 Å². The largest absolute Gasteiger partial charge is 0.379 e. The lowest BCUT2D eigenvalue weighted by Crippen LogP contribution is -2.55. The Hall–Kier alpha value is -2.45. The highest BCUT2D eigenvalue weighted by Gasteiger charge is 2.63. The van der Waals surface area contributed by atoms with E-state index in [1.165, 1.54) is 10.5 Å². The molecule has 30 heavy (non-hydrogen) atoms. The maximum atomic E-state index is 13.1. The van der Waals surface area contributed by atoms with E-state index in [1.54, 1.807) is 0 Å². The molecule has 1 aliphatic carbocycles. The van der Waals surface area contributed by atoms with Crippen LogP contribution in [0, 0.1) is 0 Å². The molecule has 1 atom stereocenters. The fourth-order valence-electron chi connectivity index (χ4n) is 5.28. The van der Waals surface area contributed by atoms with Crippen molar-refractivity contribution in [2.24, 2.45) is 5.73 Å². The highest BCUT2D eigenvalue weighted by Crippen LogP contribution is 2.51. The van der Waals surface area contributed by atoms with E-state index in [-0.39, 0.29) is 5.41 Å². The summed E-state index contributed by atoms with van der Waals surface area (Å²) in [6, 6.07) is 7.27. The lowest BCUT2D eigenvalue weighted by molar-refractivity contribution is -0.136. The molecule has 4 fully saturated rings. The van der Waals surface area contributed by atoms with Crippen LogP contribution in [0.5, 0.6) is 0 Å². The van der Waals surface area contributed by atoms with E-state index in [2.05, 4.69) is 4.90 Å². The number of anilines is 1. The van der Waals surface area contributed by atoms with Crippen molar-refractivity contribution in [2.45, 2.75) is 43.1 Å². The van der Waals surface area contributed by atoms with Gasteiger partial charge in [0.15, 0.2) is 0 Å². The number of carbonyl (C=O) groups excluding carboxylic acids is 3. The minimum Gasteiger partial charge on any atom is -0.379 e. The zero-order valence-electron chi connectivity index (χ0n) is 17.1. The van der Waals surface area contributed by atoms with E-state index in [9.17, 15) is 14.4 Å². The molecule has 4 amide bonds. The van der Waals surface area contributed by atoms with E-state index < -0.39 is 23.4 Å². The first-order valence-corrected chi connectivity index (χ1v) is 10.8. The Morgan fingerprint density at radius 2 is 1.73 bits per heavy atom. The van der Waals surface area contributed by atoms with Crippen LogP contribution in [0.2, 0.25) is 0 Å². The Balaban J connectivity index is 1.32. The van der Waals surface area contributed by atoms with Gasteiger partial charge in [-0.3, -0.25) is 14.5 Å². The molecule has 0 bridgehead atoms. The van der Waals surface area contributed by atoms with Crippen molar-refractivity contribution >= 4 is 23.5 Å². The number of fused-ring (bicyclic) bond motifs is 1. The van der Waals surface area contributed by atoms with Gasteiger partial charge < -0.3 is 15.4 Å². The topological polar surface area (TPSA) is 96.2 Å². The second-order valence-corrected chi connectivity index (χ2v) is 8.93. The molecular formula is C22H28N4O4. The maximum Gasteiger partial charge on any atom is 0.332 e. The molecule has 3 saturated heterocycles. The third-order valence-corrected chi connectivity index (χ3v) is 7.37. The van der Waals surface area contributed by atoms with Gasteiger partial charge in [-0.15, -0.1) is 0 Å². The SMILES string of the molecule is NC(=O)[C@]12CCCN1C(=O)N(c1ccc(C3(CCN4CCOCC4)CC3)cc1)C2=O. The molecule has 0 spiro atoms. The number of ether oxygens (including phenoxy) is 1. The van der Waals surface area contributed by atoms with Gasteiger partial charge in [0, 0.05) is 19.6 Å². The first kappa shape index (κ1) is 19.5. The number of primary amides is 1. The smallest absolute Gasteiger partial charge is 0.332 e. The molecule has 5 rings (SSSR count). The van der Waals surface area contributed by atoms with Gasteiger partial charge in [0.25, 0.3) is 11.8 Å². The van der Waals surface area contributed by atoms with Gasteiger partial charge in [0.2, 0.25) is 5.54 Å². The summed E-state index contributed by atoms with van der Waals surface area (Å²) in [4.78, 5) is 43.0. The second kappa shape index (κ2) is 7.06. The van der Waals surface area contributed by atoms with Gasteiger partial charge in [0.05, 0.1) is 18.9 Å². The Morgan fingerprint density at radius 3 is 2.33 bits per heavy atom. The predicted molar refractivity (Wildman–Crippen MR) is 110 cm³/mol. The Labute approximate surface area is 175 Å². The first-order chi connectivity index (χ1) is 14.5. The Kier molecular flexibility index (Phi) is 4.59. The number of urea groups is 1. The third-order valence-electron chi connectivity index (χ3n) is 7.37. The number of morpholine rings is 1. The van der Waals surface area contributed by atoms with Crippen molar-refractivity contribution in [3.8, 4) is 0 Å². The van der Waals surface area contributed by atoms with Crippen LogP contribution in [0.1, 0.15) is 37.7 Å². The summed E-state index contributed by atoms with van der Waals surface area (Å²) < 4.78 is 5.43. The molecule has 2 N–H and O–H groups in total. The molecule has 1 aromatic carbocycles. The van der Waals surface area contributed by atoms with Gasteiger partial charge in [0.1, 0.15) is 0 Å². The van der Waals surface area contributed by atoms with Crippen LogP contribution in [-0.4, -0.2) is 72.6 Å². The van der Waals surface area contributed by atoms with Crippen LogP contribution in [0.3, 0.4) is 0 Å². The van der Waals surface area contributed by atoms with Crippen molar-refractivity contribution in [3.63, 3.8) is 0 Å². The van der Waals surface area contributed by atoms with Crippen molar-refractivity contribution in [1.82, 2.24) is 9.80 Å². The average molecular weight is 412 g/mol. The molecule has 3 aliphatic heterocycles. The molecule has 160 valence electrons. The van der Waals surface area contributed by atoms with Gasteiger partial charge in [-0.1, -0.05) is 12.1 Å². The second-order valence-electron chi connectivity index (χ2n) is 8.93. The molecule has 3 heterocycles. The molecule has 0 unspecified atom stereocenters. The van der Waals surface area contributed by atoms with Crippen LogP contribution in [-0.2, 0) is 19.7 Å². The van der Waals surface area contributed by atoms with E-state index in [1.807, 2.05) is 24.3 Å².